The van der Waals surface area contributed by atoms with Crippen molar-refractivity contribution in [1.29, 1.82) is 0 Å². The van der Waals surface area contributed by atoms with Gasteiger partial charge in [-0.05, 0) is 31.9 Å². The van der Waals surface area contributed by atoms with Crippen LogP contribution < -0.4 is 5.73 Å². The van der Waals surface area contributed by atoms with Crippen LogP contribution in [0.2, 0.25) is 0 Å². The maximum atomic E-state index is 6.25. The molecule has 19 heavy (non-hydrogen) atoms. The summed E-state index contributed by atoms with van der Waals surface area (Å²) >= 11 is 2.10. The van der Waals surface area contributed by atoms with Gasteiger partial charge in [-0.2, -0.15) is 11.8 Å². The van der Waals surface area contributed by atoms with Crippen molar-refractivity contribution in [2.45, 2.75) is 44.0 Å². The maximum absolute atomic E-state index is 6.25. The fourth-order valence-electron chi connectivity index (χ4n) is 2.69. The van der Waals surface area contributed by atoms with Gasteiger partial charge >= 0.3 is 0 Å². The minimum absolute atomic E-state index is 0.188. The van der Waals surface area contributed by atoms with Crippen molar-refractivity contribution < 1.29 is 0 Å². The molecular formula is C16H26N2S. The Kier molecular flexibility index (Phi) is 5.74. The van der Waals surface area contributed by atoms with Gasteiger partial charge in [-0.3, -0.25) is 4.90 Å². The fourth-order valence-corrected chi connectivity index (χ4v) is 3.85. The average molecular weight is 278 g/mol. The van der Waals surface area contributed by atoms with Crippen LogP contribution in [-0.2, 0) is 0 Å². The second-order valence-electron chi connectivity index (χ2n) is 5.51. The molecule has 0 aliphatic carbocycles. The molecule has 2 nitrogen and oxygen atoms in total. The lowest BCUT2D eigenvalue weighted by Crippen LogP contribution is -2.45. The van der Waals surface area contributed by atoms with Crippen LogP contribution in [0, 0.1) is 0 Å². The van der Waals surface area contributed by atoms with Crippen molar-refractivity contribution in [3.05, 3.63) is 35.9 Å². The van der Waals surface area contributed by atoms with E-state index in [1.807, 2.05) is 6.07 Å². The van der Waals surface area contributed by atoms with Gasteiger partial charge in [0, 0.05) is 29.6 Å². The predicted molar refractivity (Wildman–Crippen MR) is 85.6 cm³/mol. The van der Waals surface area contributed by atoms with E-state index in [4.69, 9.17) is 5.73 Å². The number of nitrogens with two attached hydrogens (primary N) is 1. The first-order valence-electron chi connectivity index (χ1n) is 7.34. The molecule has 1 aromatic rings. The van der Waals surface area contributed by atoms with E-state index in [0.29, 0.717) is 6.04 Å². The molecule has 1 saturated heterocycles. The molecule has 3 atom stereocenters. The van der Waals surface area contributed by atoms with E-state index in [1.165, 1.54) is 30.8 Å². The molecule has 1 aromatic carbocycles. The molecule has 2 rings (SSSR count). The summed E-state index contributed by atoms with van der Waals surface area (Å²) in [5.41, 5.74) is 7.51. The highest BCUT2D eigenvalue weighted by Crippen LogP contribution is 2.25. The lowest BCUT2D eigenvalue weighted by Gasteiger charge is -2.37. The van der Waals surface area contributed by atoms with E-state index in [9.17, 15) is 0 Å². The van der Waals surface area contributed by atoms with Crippen molar-refractivity contribution in [3.8, 4) is 0 Å². The number of benzene rings is 1. The molecule has 1 fully saturated rings. The van der Waals surface area contributed by atoms with E-state index < -0.39 is 0 Å². The molecule has 1 heterocycles. The van der Waals surface area contributed by atoms with Crippen LogP contribution in [-0.4, -0.2) is 35.0 Å². The maximum Gasteiger partial charge on any atom is 0.0295 e. The number of thioether (sulfide) groups is 1. The summed E-state index contributed by atoms with van der Waals surface area (Å²) in [6, 6.07) is 11.3. The van der Waals surface area contributed by atoms with E-state index in [0.717, 1.165) is 11.7 Å². The third-order valence-electron chi connectivity index (χ3n) is 4.20. The highest BCUT2D eigenvalue weighted by molar-refractivity contribution is 8.00. The molecule has 2 N–H and O–H groups in total. The van der Waals surface area contributed by atoms with Crippen LogP contribution in [0.3, 0.4) is 0 Å². The van der Waals surface area contributed by atoms with Crippen molar-refractivity contribution in [3.63, 3.8) is 0 Å². The van der Waals surface area contributed by atoms with Gasteiger partial charge in [0.25, 0.3) is 0 Å². The van der Waals surface area contributed by atoms with Gasteiger partial charge in [-0.1, -0.05) is 37.3 Å². The highest BCUT2D eigenvalue weighted by atomic mass is 32.2. The molecule has 1 aliphatic heterocycles. The highest BCUT2D eigenvalue weighted by Gasteiger charge is 2.24. The zero-order valence-corrected chi connectivity index (χ0v) is 12.9. The Balaban J connectivity index is 1.74. The van der Waals surface area contributed by atoms with E-state index in [1.54, 1.807) is 0 Å². The molecular weight excluding hydrogens is 252 g/mol. The Hall–Kier alpha value is -0.510. The Bertz CT molecular complexity index is 368. The summed E-state index contributed by atoms with van der Waals surface area (Å²) in [7, 11) is 0. The lowest BCUT2D eigenvalue weighted by molar-refractivity contribution is 0.207. The zero-order valence-electron chi connectivity index (χ0n) is 12.1. The molecule has 106 valence electrons. The van der Waals surface area contributed by atoms with Crippen molar-refractivity contribution in [2.75, 3.05) is 18.8 Å². The van der Waals surface area contributed by atoms with Crippen molar-refractivity contribution in [1.82, 2.24) is 4.90 Å². The Labute approximate surface area is 121 Å². The van der Waals surface area contributed by atoms with Crippen LogP contribution in [0.4, 0.5) is 0 Å². The van der Waals surface area contributed by atoms with Gasteiger partial charge in [0.2, 0.25) is 0 Å². The molecule has 0 saturated carbocycles. The average Bonchev–Trinajstić information content (AvgIpc) is 2.44. The first-order valence-corrected chi connectivity index (χ1v) is 8.39. The number of hydrogen-bond donors (Lipinski definition) is 1. The first-order chi connectivity index (χ1) is 9.18. The second kappa shape index (κ2) is 7.32. The standard InChI is InChI=1S/C16H26N2S/c1-13-14(2)19-12-11-18(13)10-6-9-16(17)15-7-4-3-5-8-15/h3-5,7-8,13-14,16H,6,9-12,17H2,1-2H3. The summed E-state index contributed by atoms with van der Waals surface area (Å²) < 4.78 is 0. The predicted octanol–water partition coefficient (Wildman–Crippen LogP) is 3.29. The van der Waals surface area contributed by atoms with Crippen molar-refractivity contribution in [2.24, 2.45) is 5.73 Å². The van der Waals surface area contributed by atoms with Gasteiger partial charge in [-0.15, -0.1) is 0 Å². The largest absolute Gasteiger partial charge is 0.324 e. The van der Waals surface area contributed by atoms with E-state index in [2.05, 4.69) is 54.8 Å². The third kappa shape index (κ3) is 4.23. The minimum atomic E-state index is 0.188. The van der Waals surface area contributed by atoms with Crippen LogP contribution in [0.25, 0.3) is 0 Å². The minimum Gasteiger partial charge on any atom is -0.324 e. The number of hydrogen-bond acceptors (Lipinski definition) is 3. The smallest absolute Gasteiger partial charge is 0.0295 e. The van der Waals surface area contributed by atoms with Crippen LogP contribution in [0.1, 0.15) is 38.3 Å². The third-order valence-corrected chi connectivity index (χ3v) is 5.54. The molecule has 0 bridgehead atoms. The normalized spacial score (nSPS) is 26.3. The number of nitrogens with zero attached hydrogens (tertiary/aromatic N) is 1. The van der Waals surface area contributed by atoms with E-state index in [-0.39, 0.29) is 6.04 Å². The van der Waals surface area contributed by atoms with Crippen LogP contribution >= 0.6 is 11.8 Å². The van der Waals surface area contributed by atoms with Gasteiger partial charge < -0.3 is 5.73 Å². The number of rotatable bonds is 5. The summed E-state index contributed by atoms with van der Waals surface area (Å²) in [6.45, 7) is 7.12. The van der Waals surface area contributed by atoms with Crippen LogP contribution in [0.15, 0.2) is 30.3 Å². The monoisotopic (exact) mass is 278 g/mol. The van der Waals surface area contributed by atoms with E-state index >= 15 is 0 Å². The summed E-state index contributed by atoms with van der Waals surface area (Å²) in [6.07, 6.45) is 2.27. The zero-order chi connectivity index (χ0) is 13.7. The Morgan fingerprint density at radius 3 is 2.79 bits per heavy atom. The fraction of sp³-hybridized carbons (Fsp3) is 0.625. The van der Waals surface area contributed by atoms with Gasteiger partial charge in [0.1, 0.15) is 0 Å². The second-order valence-corrected chi connectivity index (χ2v) is 7.00. The molecule has 0 amide bonds. The van der Waals surface area contributed by atoms with Gasteiger partial charge in [0.15, 0.2) is 0 Å². The first kappa shape index (κ1) is 14.9. The molecule has 0 radical (unpaired) electrons. The quantitative estimate of drug-likeness (QED) is 0.896. The molecule has 0 aromatic heterocycles. The Morgan fingerprint density at radius 1 is 1.32 bits per heavy atom. The SMILES string of the molecule is CC1SCCN(CCCC(N)c2ccccc2)C1C. The molecule has 3 heteroatoms. The topological polar surface area (TPSA) is 29.3 Å². The lowest BCUT2D eigenvalue weighted by atomic mass is 10.0. The molecule has 3 unspecified atom stereocenters. The van der Waals surface area contributed by atoms with Crippen molar-refractivity contribution >= 4 is 11.8 Å². The molecule has 1 aliphatic rings. The van der Waals surface area contributed by atoms with Gasteiger partial charge in [0.05, 0.1) is 0 Å². The summed E-state index contributed by atoms with van der Waals surface area (Å²) in [5.74, 6) is 1.27. The van der Waals surface area contributed by atoms with Gasteiger partial charge in [-0.25, -0.2) is 0 Å². The Morgan fingerprint density at radius 2 is 2.05 bits per heavy atom. The van der Waals surface area contributed by atoms with Crippen LogP contribution in [0.5, 0.6) is 0 Å². The molecule has 0 spiro atoms. The summed E-state index contributed by atoms with van der Waals surface area (Å²) in [4.78, 5) is 2.62. The summed E-state index contributed by atoms with van der Waals surface area (Å²) in [5, 5.41) is 0.761.